The van der Waals surface area contributed by atoms with E-state index in [0.717, 1.165) is 0 Å². The first kappa shape index (κ1) is 13.2. The molecular weight excluding hydrogens is 197 g/mol. The van der Waals surface area contributed by atoms with E-state index in [-0.39, 0.29) is 12.4 Å². The maximum Gasteiger partial charge on any atom is 0.411 e. The van der Waals surface area contributed by atoms with Crippen LogP contribution in [0.1, 0.15) is 13.8 Å². The van der Waals surface area contributed by atoms with E-state index in [1.807, 2.05) is 13.8 Å². The van der Waals surface area contributed by atoms with E-state index in [1.165, 1.54) is 0 Å². The molecule has 14 heavy (non-hydrogen) atoms. The van der Waals surface area contributed by atoms with Gasteiger partial charge in [-0.1, -0.05) is 13.8 Å². The summed E-state index contributed by atoms with van der Waals surface area (Å²) < 4.78 is 39.2. The highest BCUT2D eigenvalue weighted by molar-refractivity contribution is 5.81. The zero-order valence-electron chi connectivity index (χ0n) is 8.27. The first-order valence-electron chi connectivity index (χ1n) is 4.24. The molecule has 0 amide bonds. The molecule has 84 valence electrons. The minimum Gasteiger partial charge on any atom is -0.386 e. The quantitative estimate of drug-likeness (QED) is 0.555. The first-order valence-corrected chi connectivity index (χ1v) is 4.24. The maximum atomic E-state index is 11.6. The van der Waals surface area contributed by atoms with Gasteiger partial charge in [-0.3, -0.25) is 4.99 Å². The lowest BCUT2D eigenvalue weighted by Gasteiger charge is -2.07. The molecule has 0 aromatic heterocycles. The third-order valence-electron chi connectivity index (χ3n) is 1.18. The lowest BCUT2D eigenvalue weighted by molar-refractivity contribution is -0.170. The van der Waals surface area contributed by atoms with Crippen molar-refractivity contribution >= 4 is 5.84 Å². The fraction of sp³-hybridized carbons (Fsp3) is 0.875. The van der Waals surface area contributed by atoms with Crippen molar-refractivity contribution in [1.82, 2.24) is 0 Å². The molecule has 6 heteroatoms. The van der Waals surface area contributed by atoms with E-state index in [9.17, 15) is 13.2 Å². The summed E-state index contributed by atoms with van der Waals surface area (Å²) in [5, 5.41) is 0. The van der Waals surface area contributed by atoms with Crippen LogP contribution < -0.4 is 5.73 Å². The normalized spacial score (nSPS) is 13.7. The van der Waals surface area contributed by atoms with E-state index in [1.54, 1.807) is 0 Å². The molecule has 0 aliphatic heterocycles. The molecule has 0 aromatic carbocycles. The lowest BCUT2D eigenvalue weighted by atomic mass is 10.2. The number of halogens is 3. The van der Waals surface area contributed by atoms with Crippen molar-refractivity contribution in [2.45, 2.75) is 20.0 Å². The Balaban J connectivity index is 3.63. The van der Waals surface area contributed by atoms with Gasteiger partial charge in [0.1, 0.15) is 19.0 Å². The SMILES string of the molecule is CC(C)CN=C(N)COCC(F)(F)F. The summed E-state index contributed by atoms with van der Waals surface area (Å²) in [5.41, 5.74) is 5.31. The Labute approximate surface area is 81.1 Å². The van der Waals surface area contributed by atoms with E-state index < -0.39 is 12.8 Å². The van der Waals surface area contributed by atoms with E-state index in [2.05, 4.69) is 9.73 Å². The van der Waals surface area contributed by atoms with Gasteiger partial charge in [0.05, 0.1) is 0 Å². The van der Waals surface area contributed by atoms with E-state index in [0.29, 0.717) is 12.5 Å². The molecule has 0 bridgehead atoms. The monoisotopic (exact) mass is 212 g/mol. The van der Waals surface area contributed by atoms with Crippen molar-refractivity contribution in [3.05, 3.63) is 0 Å². The Morgan fingerprint density at radius 3 is 2.43 bits per heavy atom. The largest absolute Gasteiger partial charge is 0.411 e. The number of amidine groups is 1. The number of hydrogen-bond acceptors (Lipinski definition) is 2. The Kier molecular flexibility index (Phi) is 5.52. The third-order valence-corrected chi connectivity index (χ3v) is 1.18. The van der Waals surface area contributed by atoms with Crippen LogP contribution in [0.25, 0.3) is 0 Å². The zero-order valence-corrected chi connectivity index (χ0v) is 8.27. The molecular formula is C8H15F3N2O. The van der Waals surface area contributed by atoms with Crippen LogP contribution in [0.3, 0.4) is 0 Å². The van der Waals surface area contributed by atoms with Gasteiger partial charge in [-0.05, 0) is 5.92 Å². The summed E-state index contributed by atoms with van der Waals surface area (Å²) in [5.74, 6) is 0.430. The standard InChI is InChI=1S/C8H15F3N2O/c1-6(2)3-13-7(12)4-14-5-8(9,10)11/h6H,3-5H2,1-2H3,(H2,12,13). The Morgan fingerprint density at radius 1 is 1.43 bits per heavy atom. The van der Waals surface area contributed by atoms with Crippen LogP contribution in [-0.4, -0.2) is 31.8 Å². The molecule has 0 saturated carbocycles. The fourth-order valence-electron chi connectivity index (χ4n) is 0.617. The minimum absolute atomic E-state index is 0.1000. The Hall–Kier alpha value is -0.780. The summed E-state index contributed by atoms with van der Waals surface area (Å²) in [4.78, 5) is 3.85. The molecule has 0 rings (SSSR count). The van der Waals surface area contributed by atoms with Gasteiger partial charge in [0.25, 0.3) is 0 Å². The molecule has 0 spiro atoms. The molecule has 0 heterocycles. The summed E-state index contributed by atoms with van der Waals surface area (Å²) in [6, 6.07) is 0. The average molecular weight is 212 g/mol. The molecule has 0 aliphatic carbocycles. The van der Waals surface area contributed by atoms with Gasteiger partial charge in [-0.2, -0.15) is 13.2 Å². The highest BCUT2D eigenvalue weighted by atomic mass is 19.4. The van der Waals surface area contributed by atoms with Crippen LogP contribution in [0.15, 0.2) is 4.99 Å². The van der Waals surface area contributed by atoms with Crippen LogP contribution in [0.5, 0.6) is 0 Å². The topological polar surface area (TPSA) is 47.6 Å². The van der Waals surface area contributed by atoms with Gasteiger partial charge < -0.3 is 10.5 Å². The lowest BCUT2D eigenvalue weighted by Crippen LogP contribution is -2.25. The van der Waals surface area contributed by atoms with Crippen molar-refractivity contribution in [3.8, 4) is 0 Å². The number of hydrogen-bond donors (Lipinski definition) is 1. The fourth-order valence-corrected chi connectivity index (χ4v) is 0.617. The second-order valence-corrected chi connectivity index (χ2v) is 3.33. The van der Waals surface area contributed by atoms with Gasteiger partial charge >= 0.3 is 6.18 Å². The Morgan fingerprint density at radius 2 is 2.00 bits per heavy atom. The van der Waals surface area contributed by atoms with Crippen LogP contribution in [0, 0.1) is 5.92 Å². The number of nitrogens with zero attached hydrogens (tertiary/aromatic N) is 1. The van der Waals surface area contributed by atoms with Crippen LogP contribution in [0.4, 0.5) is 13.2 Å². The minimum atomic E-state index is -4.31. The molecule has 0 atom stereocenters. The molecule has 2 N–H and O–H groups in total. The second-order valence-electron chi connectivity index (χ2n) is 3.33. The molecule has 0 fully saturated rings. The summed E-state index contributed by atoms with van der Waals surface area (Å²) >= 11 is 0. The Bertz CT molecular complexity index is 190. The number of alkyl halides is 3. The maximum absolute atomic E-state index is 11.6. The molecule has 0 radical (unpaired) electrons. The van der Waals surface area contributed by atoms with E-state index in [4.69, 9.17) is 5.73 Å². The summed E-state index contributed by atoms with van der Waals surface area (Å²) in [7, 11) is 0. The zero-order chi connectivity index (χ0) is 11.2. The number of ether oxygens (including phenoxy) is 1. The number of nitrogens with two attached hydrogens (primary N) is 1. The first-order chi connectivity index (χ1) is 6.31. The molecule has 3 nitrogen and oxygen atoms in total. The average Bonchev–Trinajstić information content (AvgIpc) is 1.98. The van der Waals surface area contributed by atoms with Gasteiger partial charge in [-0.15, -0.1) is 0 Å². The van der Waals surface area contributed by atoms with Crippen molar-refractivity contribution in [2.24, 2.45) is 16.6 Å². The predicted octanol–water partition coefficient (Wildman–Crippen LogP) is 1.58. The third kappa shape index (κ3) is 9.31. The van der Waals surface area contributed by atoms with Gasteiger partial charge in [0.15, 0.2) is 0 Å². The number of aliphatic imine (C=N–C) groups is 1. The molecule has 0 aliphatic rings. The highest BCUT2D eigenvalue weighted by Crippen LogP contribution is 2.13. The summed E-state index contributed by atoms with van der Waals surface area (Å²) in [6.45, 7) is 2.82. The van der Waals surface area contributed by atoms with Crippen LogP contribution >= 0.6 is 0 Å². The van der Waals surface area contributed by atoms with Crippen molar-refractivity contribution < 1.29 is 17.9 Å². The van der Waals surface area contributed by atoms with Crippen LogP contribution in [-0.2, 0) is 4.74 Å². The molecule has 0 aromatic rings. The predicted molar refractivity (Wildman–Crippen MR) is 48.2 cm³/mol. The van der Waals surface area contributed by atoms with E-state index >= 15 is 0 Å². The van der Waals surface area contributed by atoms with Crippen molar-refractivity contribution in [2.75, 3.05) is 19.8 Å². The van der Waals surface area contributed by atoms with Gasteiger partial charge in [0.2, 0.25) is 0 Å². The van der Waals surface area contributed by atoms with Gasteiger partial charge in [-0.25, -0.2) is 0 Å². The summed E-state index contributed by atoms with van der Waals surface area (Å²) in [6.07, 6.45) is -4.31. The highest BCUT2D eigenvalue weighted by Gasteiger charge is 2.27. The van der Waals surface area contributed by atoms with Gasteiger partial charge in [0, 0.05) is 6.54 Å². The number of rotatable bonds is 5. The van der Waals surface area contributed by atoms with Crippen LogP contribution in [0.2, 0.25) is 0 Å². The molecule has 0 unspecified atom stereocenters. The molecule has 0 saturated heterocycles. The second kappa shape index (κ2) is 5.85. The smallest absolute Gasteiger partial charge is 0.386 e. The van der Waals surface area contributed by atoms with Crippen molar-refractivity contribution in [1.29, 1.82) is 0 Å². The van der Waals surface area contributed by atoms with Crippen molar-refractivity contribution in [3.63, 3.8) is 0 Å².